The van der Waals surface area contributed by atoms with E-state index in [4.69, 9.17) is 9.63 Å². The maximum Gasteiger partial charge on any atom is 0.308 e. The molecule has 2 aliphatic rings. The highest BCUT2D eigenvalue weighted by molar-refractivity contribution is 5.91. The van der Waals surface area contributed by atoms with E-state index in [1.165, 1.54) is 4.90 Å². The lowest BCUT2D eigenvalue weighted by atomic mass is 10.0. The number of nitrogens with one attached hydrogen (secondary N) is 1. The maximum atomic E-state index is 12.4. The molecular formula is C13H18N4O4. The molecule has 3 heterocycles. The number of hydrogen-bond acceptors (Lipinski definition) is 6. The Hall–Kier alpha value is -1.96. The molecule has 8 heteroatoms. The molecule has 0 spiro atoms. The lowest BCUT2D eigenvalue weighted by molar-refractivity contribution is -0.142. The summed E-state index contributed by atoms with van der Waals surface area (Å²) in [6.07, 6.45) is 2.41. The van der Waals surface area contributed by atoms with Crippen molar-refractivity contribution in [1.29, 1.82) is 0 Å². The van der Waals surface area contributed by atoms with Gasteiger partial charge < -0.3 is 19.8 Å². The number of carboxylic acids is 1. The zero-order valence-corrected chi connectivity index (χ0v) is 11.8. The minimum Gasteiger partial charge on any atom is -0.481 e. The standard InChI is InChI=1S/C13H18N4O4/c1-7-8(13(19)20)4-6-17(7)12(18)10-15-11(21-16-10)9-3-2-5-14-9/h7-9,14H,2-6H2,1H3,(H,19,20). The van der Waals surface area contributed by atoms with Crippen molar-refractivity contribution in [3.05, 3.63) is 11.7 Å². The lowest BCUT2D eigenvalue weighted by Gasteiger charge is -2.21. The Morgan fingerprint density at radius 3 is 2.86 bits per heavy atom. The number of aromatic nitrogens is 2. The zero-order valence-electron chi connectivity index (χ0n) is 11.8. The molecule has 8 nitrogen and oxygen atoms in total. The number of carbonyl (C=O) groups excluding carboxylic acids is 1. The normalized spacial score (nSPS) is 29.0. The number of rotatable bonds is 3. The summed E-state index contributed by atoms with van der Waals surface area (Å²) in [5, 5.41) is 16.1. The van der Waals surface area contributed by atoms with Crippen LogP contribution in [0.1, 0.15) is 48.7 Å². The summed E-state index contributed by atoms with van der Waals surface area (Å²) in [6, 6.07) is -0.344. The van der Waals surface area contributed by atoms with Crippen LogP contribution < -0.4 is 5.32 Å². The molecule has 1 amide bonds. The molecule has 2 saturated heterocycles. The Labute approximate surface area is 121 Å². The fraction of sp³-hybridized carbons (Fsp3) is 0.692. The zero-order chi connectivity index (χ0) is 15.0. The van der Waals surface area contributed by atoms with Crippen LogP contribution in [0.25, 0.3) is 0 Å². The predicted molar refractivity (Wildman–Crippen MR) is 70.5 cm³/mol. The number of amides is 1. The van der Waals surface area contributed by atoms with Gasteiger partial charge in [0.05, 0.1) is 12.0 Å². The van der Waals surface area contributed by atoms with E-state index in [2.05, 4.69) is 15.5 Å². The summed E-state index contributed by atoms with van der Waals surface area (Å²) >= 11 is 0. The van der Waals surface area contributed by atoms with Crippen LogP contribution in [0, 0.1) is 5.92 Å². The van der Waals surface area contributed by atoms with Crippen LogP contribution in [0.3, 0.4) is 0 Å². The van der Waals surface area contributed by atoms with Crippen LogP contribution in [-0.4, -0.2) is 51.2 Å². The van der Waals surface area contributed by atoms with E-state index in [0.717, 1.165) is 19.4 Å². The third kappa shape index (κ3) is 2.51. The van der Waals surface area contributed by atoms with E-state index in [0.29, 0.717) is 18.9 Å². The molecule has 3 rings (SSSR count). The van der Waals surface area contributed by atoms with E-state index in [-0.39, 0.29) is 23.8 Å². The third-order valence-electron chi connectivity index (χ3n) is 4.32. The van der Waals surface area contributed by atoms with Crippen molar-refractivity contribution in [2.45, 2.75) is 38.3 Å². The van der Waals surface area contributed by atoms with Crippen LogP contribution >= 0.6 is 0 Å². The predicted octanol–water partition coefficient (Wildman–Crippen LogP) is 0.429. The van der Waals surface area contributed by atoms with Crippen LogP contribution in [0.4, 0.5) is 0 Å². The highest BCUT2D eigenvalue weighted by Crippen LogP contribution is 2.26. The molecule has 0 radical (unpaired) electrons. The van der Waals surface area contributed by atoms with E-state index in [1.807, 2.05) is 0 Å². The summed E-state index contributed by atoms with van der Waals surface area (Å²) in [7, 11) is 0. The second-order valence-electron chi connectivity index (χ2n) is 5.58. The minimum atomic E-state index is -0.873. The van der Waals surface area contributed by atoms with Gasteiger partial charge in [-0.3, -0.25) is 9.59 Å². The van der Waals surface area contributed by atoms with Gasteiger partial charge in [-0.2, -0.15) is 4.98 Å². The number of likely N-dealkylation sites (tertiary alicyclic amines) is 1. The largest absolute Gasteiger partial charge is 0.481 e. The Balaban J connectivity index is 1.72. The Bertz CT molecular complexity index is 552. The van der Waals surface area contributed by atoms with Crippen molar-refractivity contribution in [3.8, 4) is 0 Å². The molecule has 0 bridgehead atoms. The third-order valence-corrected chi connectivity index (χ3v) is 4.32. The molecule has 3 atom stereocenters. The number of carboxylic acid groups (broad SMARTS) is 1. The first-order chi connectivity index (χ1) is 10.1. The first-order valence-corrected chi connectivity index (χ1v) is 7.18. The molecule has 0 saturated carbocycles. The van der Waals surface area contributed by atoms with Crippen LogP contribution in [0.15, 0.2) is 4.52 Å². The van der Waals surface area contributed by atoms with Crippen molar-refractivity contribution < 1.29 is 19.2 Å². The average molecular weight is 294 g/mol. The first kappa shape index (κ1) is 14.0. The fourth-order valence-electron chi connectivity index (χ4n) is 3.04. The van der Waals surface area contributed by atoms with Gasteiger partial charge in [-0.25, -0.2) is 0 Å². The molecule has 2 N–H and O–H groups in total. The van der Waals surface area contributed by atoms with Gasteiger partial charge in [-0.15, -0.1) is 0 Å². The molecule has 1 aromatic heterocycles. The van der Waals surface area contributed by atoms with Crippen LogP contribution in [0.2, 0.25) is 0 Å². The van der Waals surface area contributed by atoms with Crippen molar-refractivity contribution in [2.24, 2.45) is 5.92 Å². The second-order valence-corrected chi connectivity index (χ2v) is 5.58. The van der Waals surface area contributed by atoms with Crippen molar-refractivity contribution in [1.82, 2.24) is 20.4 Å². The lowest BCUT2D eigenvalue weighted by Crippen LogP contribution is -2.38. The van der Waals surface area contributed by atoms with Gasteiger partial charge in [0, 0.05) is 12.6 Å². The summed E-state index contributed by atoms with van der Waals surface area (Å²) in [5.41, 5.74) is 0. The SMILES string of the molecule is CC1C(C(=O)O)CCN1C(=O)c1noc(C2CCCN2)n1. The molecule has 21 heavy (non-hydrogen) atoms. The summed E-state index contributed by atoms with van der Waals surface area (Å²) in [6.45, 7) is 3.05. The van der Waals surface area contributed by atoms with E-state index < -0.39 is 11.9 Å². The number of carbonyl (C=O) groups is 2. The van der Waals surface area contributed by atoms with E-state index >= 15 is 0 Å². The quantitative estimate of drug-likeness (QED) is 0.832. The van der Waals surface area contributed by atoms with Crippen LogP contribution in [0.5, 0.6) is 0 Å². The summed E-state index contributed by atoms with van der Waals surface area (Å²) in [5.74, 6) is -1.33. The second kappa shape index (κ2) is 5.44. The van der Waals surface area contributed by atoms with Gasteiger partial charge in [0.15, 0.2) is 0 Å². The highest BCUT2D eigenvalue weighted by atomic mass is 16.5. The number of hydrogen-bond donors (Lipinski definition) is 2. The first-order valence-electron chi connectivity index (χ1n) is 7.18. The van der Waals surface area contributed by atoms with Gasteiger partial charge >= 0.3 is 5.97 Å². The topological polar surface area (TPSA) is 109 Å². The van der Waals surface area contributed by atoms with Gasteiger partial charge in [0.2, 0.25) is 5.89 Å². The van der Waals surface area contributed by atoms with Gasteiger partial charge in [0.25, 0.3) is 11.7 Å². The fourth-order valence-corrected chi connectivity index (χ4v) is 3.04. The highest BCUT2D eigenvalue weighted by Gasteiger charge is 2.40. The molecular weight excluding hydrogens is 276 g/mol. The monoisotopic (exact) mass is 294 g/mol. The van der Waals surface area contributed by atoms with E-state index in [9.17, 15) is 9.59 Å². The Morgan fingerprint density at radius 2 is 2.24 bits per heavy atom. The van der Waals surface area contributed by atoms with Crippen molar-refractivity contribution in [2.75, 3.05) is 13.1 Å². The van der Waals surface area contributed by atoms with Crippen molar-refractivity contribution in [3.63, 3.8) is 0 Å². The van der Waals surface area contributed by atoms with Crippen molar-refractivity contribution >= 4 is 11.9 Å². The summed E-state index contributed by atoms with van der Waals surface area (Å²) in [4.78, 5) is 29.2. The van der Waals surface area contributed by atoms with Gasteiger partial charge in [-0.1, -0.05) is 5.16 Å². The molecule has 114 valence electrons. The molecule has 0 aromatic carbocycles. The Morgan fingerprint density at radius 1 is 1.43 bits per heavy atom. The number of aliphatic carboxylic acids is 1. The molecule has 0 aliphatic carbocycles. The van der Waals surface area contributed by atoms with E-state index in [1.54, 1.807) is 6.92 Å². The summed E-state index contributed by atoms with van der Waals surface area (Å²) < 4.78 is 5.15. The average Bonchev–Trinajstić information content (AvgIpc) is 3.18. The smallest absolute Gasteiger partial charge is 0.308 e. The molecule has 1 aromatic rings. The Kier molecular flexibility index (Phi) is 3.62. The number of nitrogens with zero attached hydrogens (tertiary/aromatic N) is 3. The van der Waals surface area contributed by atoms with Gasteiger partial charge in [0.1, 0.15) is 0 Å². The van der Waals surface area contributed by atoms with Crippen LogP contribution in [-0.2, 0) is 4.79 Å². The molecule has 3 unspecified atom stereocenters. The maximum absolute atomic E-state index is 12.4. The molecule has 2 fully saturated rings. The molecule has 2 aliphatic heterocycles. The van der Waals surface area contributed by atoms with Gasteiger partial charge in [-0.05, 0) is 32.7 Å². The minimum absolute atomic E-state index is 0.0107.